The summed E-state index contributed by atoms with van der Waals surface area (Å²) in [5.41, 5.74) is 3.62. The molecular weight excluding hydrogens is 464 g/mol. The second-order valence-corrected chi connectivity index (χ2v) is 12.7. The molecule has 2 heteroatoms. The first-order valence-corrected chi connectivity index (χ1v) is 16.6. The lowest BCUT2D eigenvalue weighted by atomic mass is 9.68. The Morgan fingerprint density at radius 2 is 1.26 bits per heavy atom. The molecular formula is C36H62O2. The molecule has 0 aromatic carbocycles. The maximum Gasteiger partial charge on any atom is 0.0991 e. The van der Waals surface area contributed by atoms with Crippen molar-refractivity contribution in [1.82, 2.24) is 0 Å². The molecule has 0 amide bonds. The fourth-order valence-corrected chi connectivity index (χ4v) is 6.68. The molecule has 218 valence electrons. The second kappa shape index (κ2) is 19.7. The molecule has 2 rings (SSSR count). The van der Waals surface area contributed by atoms with E-state index in [1.54, 1.807) is 0 Å². The van der Waals surface area contributed by atoms with Crippen molar-refractivity contribution in [2.45, 2.75) is 162 Å². The monoisotopic (exact) mass is 526 g/mol. The smallest absolute Gasteiger partial charge is 0.0991 e. The molecule has 2 aliphatic rings. The highest BCUT2D eigenvalue weighted by atomic mass is 16.3. The second-order valence-electron chi connectivity index (χ2n) is 12.7. The number of aliphatic hydroxyl groups excluding tert-OH is 2. The maximum absolute atomic E-state index is 11.0. The average molecular weight is 527 g/mol. The van der Waals surface area contributed by atoms with Crippen molar-refractivity contribution in [3.63, 3.8) is 0 Å². The molecule has 0 fully saturated rings. The van der Waals surface area contributed by atoms with E-state index in [1.165, 1.54) is 115 Å². The first-order valence-electron chi connectivity index (χ1n) is 16.6. The number of allylic oxidation sites excluding steroid dienone is 5. The van der Waals surface area contributed by atoms with Crippen LogP contribution in [0.3, 0.4) is 0 Å². The summed E-state index contributed by atoms with van der Waals surface area (Å²) in [6, 6.07) is 0. The molecule has 0 saturated carbocycles. The van der Waals surface area contributed by atoms with Crippen LogP contribution in [0.5, 0.6) is 0 Å². The Bertz CT molecular complexity index is 742. The highest BCUT2D eigenvalue weighted by Gasteiger charge is 2.38. The van der Waals surface area contributed by atoms with Crippen molar-refractivity contribution in [1.29, 1.82) is 0 Å². The summed E-state index contributed by atoms with van der Waals surface area (Å²) in [7, 11) is 0. The number of rotatable bonds is 21. The van der Waals surface area contributed by atoms with Crippen molar-refractivity contribution in [3.05, 3.63) is 47.3 Å². The third-order valence-corrected chi connectivity index (χ3v) is 9.09. The van der Waals surface area contributed by atoms with Gasteiger partial charge >= 0.3 is 0 Å². The Kier molecular flexibility index (Phi) is 17.1. The van der Waals surface area contributed by atoms with Gasteiger partial charge in [0.25, 0.3) is 0 Å². The van der Waals surface area contributed by atoms with Gasteiger partial charge in [0.2, 0.25) is 0 Å². The van der Waals surface area contributed by atoms with Crippen LogP contribution in [0, 0.1) is 17.8 Å². The van der Waals surface area contributed by atoms with Gasteiger partial charge in [-0.3, -0.25) is 0 Å². The van der Waals surface area contributed by atoms with Crippen molar-refractivity contribution < 1.29 is 10.2 Å². The van der Waals surface area contributed by atoms with E-state index in [0.29, 0.717) is 11.7 Å². The maximum atomic E-state index is 11.0. The minimum absolute atomic E-state index is 0.135. The summed E-state index contributed by atoms with van der Waals surface area (Å²) in [6.45, 7) is 10.7. The molecule has 0 radical (unpaired) electrons. The van der Waals surface area contributed by atoms with Crippen molar-refractivity contribution in [2.75, 3.05) is 0 Å². The molecule has 0 aromatic rings. The molecule has 4 atom stereocenters. The number of unbranched alkanes of at least 4 members (excludes halogenated alkanes) is 17. The molecule has 2 unspecified atom stereocenters. The highest BCUT2D eigenvalue weighted by molar-refractivity contribution is 5.32. The first kappa shape index (κ1) is 32.9. The van der Waals surface area contributed by atoms with Crippen LogP contribution >= 0.6 is 0 Å². The van der Waals surface area contributed by atoms with Gasteiger partial charge in [-0.25, -0.2) is 0 Å². The van der Waals surface area contributed by atoms with E-state index >= 15 is 0 Å². The molecule has 0 aromatic heterocycles. The van der Waals surface area contributed by atoms with Gasteiger partial charge in [-0.1, -0.05) is 146 Å². The van der Waals surface area contributed by atoms with Crippen LogP contribution in [0.15, 0.2) is 47.3 Å². The largest absolute Gasteiger partial charge is 0.512 e. The normalized spacial score (nSPS) is 23.6. The van der Waals surface area contributed by atoms with Crippen LogP contribution in [0.25, 0.3) is 0 Å². The van der Waals surface area contributed by atoms with E-state index in [9.17, 15) is 10.2 Å². The van der Waals surface area contributed by atoms with Crippen molar-refractivity contribution in [3.8, 4) is 0 Å². The lowest BCUT2D eigenvalue weighted by molar-refractivity contribution is 0.0933. The lowest BCUT2D eigenvalue weighted by Crippen LogP contribution is -2.35. The zero-order valence-electron chi connectivity index (χ0n) is 25.5. The molecule has 0 heterocycles. The third kappa shape index (κ3) is 12.7. The van der Waals surface area contributed by atoms with E-state index in [4.69, 9.17) is 0 Å². The molecule has 0 saturated heterocycles. The summed E-state index contributed by atoms with van der Waals surface area (Å²) in [5.74, 6) is 0.588. The summed E-state index contributed by atoms with van der Waals surface area (Å²) in [5, 5.41) is 21.9. The molecule has 0 bridgehead atoms. The van der Waals surface area contributed by atoms with Gasteiger partial charge in [0.15, 0.2) is 0 Å². The van der Waals surface area contributed by atoms with E-state index in [0.717, 1.165) is 36.8 Å². The quantitative estimate of drug-likeness (QED) is 0.115. The zero-order chi connectivity index (χ0) is 27.6. The molecule has 2 N–H and O–H groups in total. The lowest BCUT2D eigenvalue weighted by Gasteiger charge is -2.38. The Balaban J connectivity index is 1.49. The molecule has 0 spiro atoms. The SMILES string of the molecule is C=C(C)[C@H]1CCC(C)=C[C@H]1C1C(O)=CC(CCCCCCCCCCCCCCCCCCCC)=CC1O. The molecule has 2 aliphatic carbocycles. The van der Waals surface area contributed by atoms with E-state index in [2.05, 4.69) is 33.4 Å². The van der Waals surface area contributed by atoms with Gasteiger partial charge in [-0.2, -0.15) is 0 Å². The Morgan fingerprint density at radius 1 is 0.789 bits per heavy atom. The van der Waals surface area contributed by atoms with Crippen LogP contribution in [-0.2, 0) is 0 Å². The van der Waals surface area contributed by atoms with Crippen molar-refractivity contribution >= 4 is 0 Å². The van der Waals surface area contributed by atoms with E-state index in [1.807, 2.05) is 12.2 Å². The zero-order valence-corrected chi connectivity index (χ0v) is 25.5. The van der Waals surface area contributed by atoms with Crippen LogP contribution in [-0.4, -0.2) is 16.3 Å². The van der Waals surface area contributed by atoms with Gasteiger partial charge in [-0.05, 0) is 63.0 Å². The number of hydrogen-bond acceptors (Lipinski definition) is 2. The van der Waals surface area contributed by atoms with Gasteiger partial charge < -0.3 is 10.2 Å². The van der Waals surface area contributed by atoms with Crippen LogP contribution in [0.1, 0.15) is 156 Å². The van der Waals surface area contributed by atoms with E-state index in [-0.39, 0.29) is 11.8 Å². The molecule has 2 nitrogen and oxygen atoms in total. The van der Waals surface area contributed by atoms with Gasteiger partial charge in [0.05, 0.1) is 17.8 Å². The summed E-state index contributed by atoms with van der Waals surface area (Å²) < 4.78 is 0. The predicted molar refractivity (Wildman–Crippen MR) is 166 cm³/mol. The minimum atomic E-state index is -0.612. The third-order valence-electron chi connectivity index (χ3n) is 9.09. The molecule has 38 heavy (non-hydrogen) atoms. The standard InChI is InChI=1S/C36H62O2/c1-5-6-7-8-9-10-11-12-13-14-15-16-17-18-19-20-21-22-23-31-27-34(37)36(35(38)28-31)33-26-30(4)24-25-32(33)29(2)3/h26-28,32-34,36-38H,2,5-25H2,1,3-4H3/t32-,33-,34?,36?/m1/s1. The first-order chi connectivity index (χ1) is 18.4. The topological polar surface area (TPSA) is 40.5 Å². The minimum Gasteiger partial charge on any atom is -0.512 e. The van der Waals surface area contributed by atoms with Crippen LogP contribution < -0.4 is 0 Å². The Labute approximate surface area is 236 Å². The van der Waals surface area contributed by atoms with Crippen molar-refractivity contribution in [2.24, 2.45) is 17.8 Å². The van der Waals surface area contributed by atoms with E-state index < -0.39 is 6.10 Å². The molecule has 0 aliphatic heterocycles. The van der Waals surface area contributed by atoms with Gasteiger partial charge in [-0.15, -0.1) is 0 Å². The van der Waals surface area contributed by atoms with Gasteiger partial charge in [0, 0.05) is 0 Å². The number of aliphatic hydroxyl groups is 2. The number of hydrogen-bond donors (Lipinski definition) is 2. The fourth-order valence-electron chi connectivity index (χ4n) is 6.68. The summed E-state index contributed by atoms with van der Waals surface area (Å²) >= 11 is 0. The van der Waals surface area contributed by atoms with Crippen LogP contribution in [0.4, 0.5) is 0 Å². The summed E-state index contributed by atoms with van der Waals surface area (Å²) in [6.07, 6.45) is 33.7. The highest BCUT2D eigenvalue weighted by Crippen LogP contribution is 2.43. The summed E-state index contributed by atoms with van der Waals surface area (Å²) in [4.78, 5) is 0. The fraction of sp³-hybridized carbons (Fsp3) is 0.778. The Hall–Kier alpha value is -1.28. The van der Waals surface area contributed by atoms with Gasteiger partial charge in [0.1, 0.15) is 0 Å². The Morgan fingerprint density at radius 3 is 1.71 bits per heavy atom. The van der Waals surface area contributed by atoms with Crippen LogP contribution in [0.2, 0.25) is 0 Å². The average Bonchev–Trinajstić information content (AvgIpc) is 2.87. The predicted octanol–water partition coefficient (Wildman–Crippen LogP) is 11.3.